The van der Waals surface area contributed by atoms with Crippen molar-refractivity contribution in [1.82, 2.24) is 0 Å². The molecule has 0 fully saturated rings. The number of nitrogens with one attached hydrogen (secondary N) is 1. The van der Waals surface area contributed by atoms with E-state index in [0.717, 1.165) is 17.2 Å². The lowest BCUT2D eigenvalue weighted by molar-refractivity contribution is 0.100. The summed E-state index contributed by atoms with van der Waals surface area (Å²) in [5, 5.41) is 3.19. The maximum Gasteiger partial charge on any atom is 0.248 e. The molecule has 1 aromatic carbocycles. The smallest absolute Gasteiger partial charge is 0.248 e. The van der Waals surface area contributed by atoms with Gasteiger partial charge in [-0.05, 0) is 43.3 Å². The summed E-state index contributed by atoms with van der Waals surface area (Å²) in [6, 6.07) is 10.9. The van der Waals surface area contributed by atoms with Gasteiger partial charge in [0.25, 0.3) is 0 Å². The fourth-order valence-corrected chi connectivity index (χ4v) is 1.52. The van der Waals surface area contributed by atoms with E-state index in [2.05, 4.69) is 5.32 Å². The van der Waals surface area contributed by atoms with Crippen molar-refractivity contribution in [2.24, 2.45) is 5.73 Å². The third kappa shape index (κ3) is 2.87. The molecule has 2 aromatic rings. The number of primary amides is 1. The molecular weight excluding hydrogens is 216 g/mol. The van der Waals surface area contributed by atoms with Crippen LogP contribution in [-0.4, -0.2) is 5.91 Å². The van der Waals surface area contributed by atoms with Crippen molar-refractivity contribution in [3.63, 3.8) is 0 Å². The van der Waals surface area contributed by atoms with Gasteiger partial charge in [0, 0.05) is 11.3 Å². The van der Waals surface area contributed by atoms with Crippen molar-refractivity contribution in [2.75, 3.05) is 5.32 Å². The summed E-state index contributed by atoms with van der Waals surface area (Å²) in [6.07, 6.45) is 0. The van der Waals surface area contributed by atoms with E-state index in [-0.39, 0.29) is 0 Å². The van der Waals surface area contributed by atoms with Crippen molar-refractivity contribution < 1.29 is 9.21 Å². The zero-order valence-electron chi connectivity index (χ0n) is 9.57. The molecule has 0 bridgehead atoms. The second kappa shape index (κ2) is 4.74. The molecule has 4 nitrogen and oxygen atoms in total. The van der Waals surface area contributed by atoms with Crippen LogP contribution in [0.5, 0.6) is 0 Å². The highest BCUT2D eigenvalue weighted by Crippen LogP contribution is 2.12. The molecule has 1 heterocycles. The Bertz CT molecular complexity index is 514. The van der Waals surface area contributed by atoms with E-state index in [0.29, 0.717) is 12.1 Å². The molecule has 88 valence electrons. The van der Waals surface area contributed by atoms with Crippen LogP contribution >= 0.6 is 0 Å². The normalized spacial score (nSPS) is 10.2. The van der Waals surface area contributed by atoms with Crippen LogP contribution < -0.4 is 11.1 Å². The molecule has 0 atom stereocenters. The predicted octanol–water partition coefficient (Wildman–Crippen LogP) is 2.30. The molecule has 1 amide bonds. The van der Waals surface area contributed by atoms with Crippen LogP contribution in [0.4, 0.5) is 5.69 Å². The first-order chi connectivity index (χ1) is 8.15. The van der Waals surface area contributed by atoms with Gasteiger partial charge in [-0.25, -0.2) is 0 Å². The highest BCUT2D eigenvalue weighted by molar-refractivity contribution is 5.93. The number of hydrogen-bond donors (Lipinski definition) is 2. The lowest BCUT2D eigenvalue weighted by Crippen LogP contribution is -2.10. The van der Waals surface area contributed by atoms with Gasteiger partial charge in [0.1, 0.15) is 11.5 Å². The third-order valence-corrected chi connectivity index (χ3v) is 2.43. The van der Waals surface area contributed by atoms with Gasteiger partial charge in [-0.1, -0.05) is 0 Å². The quantitative estimate of drug-likeness (QED) is 0.846. The van der Waals surface area contributed by atoms with Crippen LogP contribution in [0.3, 0.4) is 0 Å². The van der Waals surface area contributed by atoms with Gasteiger partial charge < -0.3 is 15.5 Å². The van der Waals surface area contributed by atoms with Crippen LogP contribution in [0.15, 0.2) is 40.8 Å². The van der Waals surface area contributed by atoms with Gasteiger partial charge in [0.05, 0.1) is 6.54 Å². The Morgan fingerprint density at radius 2 is 1.94 bits per heavy atom. The monoisotopic (exact) mass is 230 g/mol. The topological polar surface area (TPSA) is 68.3 Å². The lowest BCUT2D eigenvalue weighted by atomic mass is 10.2. The maximum absolute atomic E-state index is 10.9. The number of carbonyl (C=O) groups is 1. The summed E-state index contributed by atoms with van der Waals surface area (Å²) >= 11 is 0. The summed E-state index contributed by atoms with van der Waals surface area (Å²) < 4.78 is 5.43. The van der Waals surface area contributed by atoms with Crippen molar-refractivity contribution >= 4 is 11.6 Å². The molecule has 0 spiro atoms. The van der Waals surface area contributed by atoms with Gasteiger partial charge in [-0.3, -0.25) is 4.79 Å². The third-order valence-electron chi connectivity index (χ3n) is 2.43. The highest BCUT2D eigenvalue weighted by Gasteiger charge is 2.01. The van der Waals surface area contributed by atoms with Gasteiger partial charge in [-0.2, -0.15) is 0 Å². The van der Waals surface area contributed by atoms with Crippen molar-refractivity contribution in [2.45, 2.75) is 13.5 Å². The number of aryl methyl sites for hydroxylation is 1. The minimum Gasteiger partial charge on any atom is -0.465 e. The van der Waals surface area contributed by atoms with Crippen LogP contribution in [0, 0.1) is 6.92 Å². The molecular formula is C13H14N2O2. The molecule has 0 aliphatic heterocycles. The summed E-state index contributed by atoms with van der Waals surface area (Å²) in [4.78, 5) is 10.9. The Balaban J connectivity index is 1.97. The molecule has 3 N–H and O–H groups in total. The summed E-state index contributed by atoms with van der Waals surface area (Å²) in [7, 11) is 0. The number of furan rings is 1. The second-order valence-corrected chi connectivity index (χ2v) is 3.81. The first-order valence-electron chi connectivity index (χ1n) is 5.34. The molecule has 0 aliphatic rings. The van der Waals surface area contributed by atoms with E-state index in [1.54, 1.807) is 12.1 Å². The van der Waals surface area contributed by atoms with E-state index in [4.69, 9.17) is 10.2 Å². The van der Waals surface area contributed by atoms with Crippen LogP contribution in [0.1, 0.15) is 21.9 Å². The molecule has 4 heteroatoms. The fraction of sp³-hybridized carbons (Fsp3) is 0.154. The summed E-state index contributed by atoms with van der Waals surface area (Å²) in [5.74, 6) is 1.35. The number of anilines is 1. The molecule has 2 rings (SSSR count). The minimum atomic E-state index is -0.418. The summed E-state index contributed by atoms with van der Waals surface area (Å²) in [6.45, 7) is 2.52. The summed E-state index contributed by atoms with van der Waals surface area (Å²) in [5.41, 5.74) is 6.58. The Morgan fingerprint density at radius 1 is 1.24 bits per heavy atom. The van der Waals surface area contributed by atoms with E-state index >= 15 is 0 Å². The Kier molecular flexibility index (Phi) is 3.14. The van der Waals surface area contributed by atoms with Gasteiger partial charge in [-0.15, -0.1) is 0 Å². The Labute approximate surface area is 99.4 Å². The first kappa shape index (κ1) is 11.3. The van der Waals surface area contributed by atoms with Crippen LogP contribution in [0.25, 0.3) is 0 Å². The number of hydrogen-bond acceptors (Lipinski definition) is 3. The fourth-order valence-electron chi connectivity index (χ4n) is 1.52. The van der Waals surface area contributed by atoms with Gasteiger partial charge in [0.2, 0.25) is 5.91 Å². The molecule has 1 aromatic heterocycles. The first-order valence-corrected chi connectivity index (χ1v) is 5.34. The van der Waals surface area contributed by atoms with Crippen molar-refractivity contribution in [3.05, 3.63) is 53.5 Å². The molecule has 0 aliphatic carbocycles. The van der Waals surface area contributed by atoms with E-state index in [9.17, 15) is 4.79 Å². The molecule has 17 heavy (non-hydrogen) atoms. The Morgan fingerprint density at radius 3 is 2.47 bits per heavy atom. The maximum atomic E-state index is 10.9. The molecule has 0 unspecified atom stereocenters. The molecule has 0 saturated carbocycles. The van der Waals surface area contributed by atoms with E-state index in [1.165, 1.54) is 0 Å². The zero-order chi connectivity index (χ0) is 12.3. The lowest BCUT2D eigenvalue weighted by Gasteiger charge is -2.04. The van der Waals surface area contributed by atoms with Gasteiger partial charge >= 0.3 is 0 Å². The number of benzene rings is 1. The molecule has 0 saturated heterocycles. The second-order valence-electron chi connectivity index (χ2n) is 3.81. The van der Waals surface area contributed by atoms with E-state index in [1.807, 2.05) is 31.2 Å². The largest absolute Gasteiger partial charge is 0.465 e. The SMILES string of the molecule is Cc1ccc(CNc2ccc(C(N)=O)cc2)o1. The number of nitrogens with two attached hydrogens (primary N) is 1. The zero-order valence-corrected chi connectivity index (χ0v) is 9.57. The average molecular weight is 230 g/mol. The van der Waals surface area contributed by atoms with E-state index < -0.39 is 5.91 Å². The van der Waals surface area contributed by atoms with Crippen LogP contribution in [-0.2, 0) is 6.54 Å². The van der Waals surface area contributed by atoms with Crippen molar-refractivity contribution in [3.8, 4) is 0 Å². The average Bonchev–Trinajstić information content (AvgIpc) is 2.73. The Hall–Kier alpha value is -2.23. The minimum absolute atomic E-state index is 0.418. The number of carbonyl (C=O) groups excluding carboxylic acids is 1. The highest BCUT2D eigenvalue weighted by atomic mass is 16.3. The standard InChI is InChI=1S/C13H14N2O2/c1-9-2-7-12(17-9)8-15-11-5-3-10(4-6-11)13(14)16/h2-7,15H,8H2,1H3,(H2,14,16). The molecule has 0 radical (unpaired) electrons. The number of rotatable bonds is 4. The number of amides is 1. The van der Waals surface area contributed by atoms with Crippen molar-refractivity contribution in [1.29, 1.82) is 0 Å². The predicted molar refractivity (Wildman–Crippen MR) is 65.7 cm³/mol. The van der Waals surface area contributed by atoms with Gasteiger partial charge in [0.15, 0.2) is 0 Å². The van der Waals surface area contributed by atoms with Crippen LogP contribution in [0.2, 0.25) is 0 Å².